The fourth-order valence-corrected chi connectivity index (χ4v) is 2.82. The average Bonchev–Trinajstić information content (AvgIpc) is 3.32. The Morgan fingerprint density at radius 3 is 2.50 bits per heavy atom. The van der Waals surface area contributed by atoms with Gasteiger partial charge in [-0.25, -0.2) is 14.4 Å². The normalized spacial score (nSPS) is 19.8. The van der Waals surface area contributed by atoms with Crippen molar-refractivity contribution in [2.24, 2.45) is 4.99 Å². The fourth-order valence-electron chi connectivity index (χ4n) is 2.82. The van der Waals surface area contributed by atoms with Crippen molar-refractivity contribution in [1.82, 2.24) is 9.55 Å². The van der Waals surface area contributed by atoms with Crippen LogP contribution in [-0.2, 0) is 4.74 Å². The summed E-state index contributed by atoms with van der Waals surface area (Å²) in [5, 5.41) is 0. The van der Waals surface area contributed by atoms with Crippen molar-refractivity contribution < 1.29 is 9.13 Å². The molecular formula is C19H16FN3O. The first-order chi connectivity index (χ1) is 11.8. The second-order valence-corrected chi connectivity index (χ2v) is 5.62. The summed E-state index contributed by atoms with van der Waals surface area (Å²) in [5.41, 5.74) is 2.78. The van der Waals surface area contributed by atoms with Gasteiger partial charge in [-0.3, -0.25) is 0 Å². The van der Waals surface area contributed by atoms with Crippen LogP contribution < -0.4 is 0 Å². The van der Waals surface area contributed by atoms with E-state index in [0.29, 0.717) is 5.90 Å². The van der Waals surface area contributed by atoms with Gasteiger partial charge < -0.3 is 9.30 Å². The molecule has 0 N–H and O–H groups in total. The minimum Gasteiger partial charge on any atom is -0.467 e. The van der Waals surface area contributed by atoms with Gasteiger partial charge in [-0.2, -0.15) is 0 Å². The molecule has 120 valence electrons. The molecule has 0 unspecified atom stereocenters. The lowest BCUT2D eigenvalue weighted by molar-refractivity contribution is 0.181. The van der Waals surface area contributed by atoms with Crippen LogP contribution in [-0.4, -0.2) is 28.2 Å². The summed E-state index contributed by atoms with van der Waals surface area (Å²) < 4.78 is 21.3. The highest BCUT2D eigenvalue weighted by Gasteiger charge is 2.32. The first-order valence-electron chi connectivity index (χ1n) is 7.79. The Bertz CT molecular complexity index is 829. The Kier molecular flexibility index (Phi) is 3.83. The quantitative estimate of drug-likeness (QED) is 0.734. The predicted molar refractivity (Wildman–Crippen MR) is 90.1 cm³/mol. The highest BCUT2D eigenvalue weighted by Crippen LogP contribution is 2.31. The Labute approximate surface area is 139 Å². The van der Waals surface area contributed by atoms with Gasteiger partial charge in [0, 0.05) is 23.6 Å². The molecule has 2 atom stereocenters. The van der Waals surface area contributed by atoms with Crippen LogP contribution in [0.3, 0.4) is 0 Å². The van der Waals surface area contributed by atoms with E-state index in [1.165, 1.54) is 0 Å². The maximum atomic E-state index is 13.4. The number of aliphatic imine (C=N–C) groups is 1. The Morgan fingerprint density at radius 1 is 1.04 bits per heavy atom. The molecule has 0 bridgehead atoms. The molecule has 0 radical (unpaired) electrons. The highest BCUT2D eigenvalue weighted by molar-refractivity contribution is 5.95. The van der Waals surface area contributed by atoms with Gasteiger partial charge in [0.2, 0.25) is 5.90 Å². The van der Waals surface area contributed by atoms with Crippen molar-refractivity contribution in [2.45, 2.75) is 12.1 Å². The van der Waals surface area contributed by atoms with Crippen LogP contribution in [0.5, 0.6) is 0 Å². The molecule has 2 aromatic carbocycles. The van der Waals surface area contributed by atoms with E-state index < -0.39 is 18.8 Å². The maximum Gasteiger partial charge on any atom is 0.217 e. The van der Waals surface area contributed by atoms with Crippen molar-refractivity contribution in [2.75, 3.05) is 6.67 Å². The van der Waals surface area contributed by atoms with E-state index in [1.54, 1.807) is 12.5 Å². The second-order valence-electron chi connectivity index (χ2n) is 5.62. The lowest BCUT2D eigenvalue weighted by Crippen LogP contribution is -2.16. The number of aromatic nitrogens is 2. The van der Waals surface area contributed by atoms with Gasteiger partial charge in [0.25, 0.3) is 0 Å². The number of alkyl halides is 1. The van der Waals surface area contributed by atoms with Crippen LogP contribution in [0.15, 0.2) is 78.3 Å². The summed E-state index contributed by atoms with van der Waals surface area (Å²) in [6.45, 7) is -0.551. The van der Waals surface area contributed by atoms with Crippen LogP contribution in [0, 0.1) is 0 Å². The van der Waals surface area contributed by atoms with Crippen molar-refractivity contribution in [3.63, 3.8) is 0 Å². The Balaban J connectivity index is 1.58. The topological polar surface area (TPSA) is 39.4 Å². The van der Waals surface area contributed by atoms with Gasteiger partial charge in [0.05, 0.1) is 6.33 Å². The Morgan fingerprint density at radius 2 is 1.83 bits per heavy atom. The third kappa shape index (κ3) is 2.69. The molecule has 1 aliphatic heterocycles. The molecule has 0 aliphatic carbocycles. The number of rotatable bonds is 4. The standard InChI is InChI=1S/C19H16FN3O/c20-12-17-18(24-19(22-17)15-4-2-1-3-5-15)14-6-8-16(9-7-14)23-11-10-21-13-23/h1-11,13,17-18H,12H2/t17-,18-/m1/s1. The molecular weight excluding hydrogens is 305 g/mol. The lowest BCUT2D eigenvalue weighted by Gasteiger charge is -2.16. The number of hydrogen-bond donors (Lipinski definition) is 0. The highest BCUT2D eigenvalue weighted by atomic mass is 19.1. The maximum absolute atomic E-state index is 13.4. The molecule has 5 heteroatoms. The predicted octanol–water partition coefficient (Wildman–Crippen LogP) is 3.73. The van der Waals surface area contributed by atoms with Crippen molar-refractivity contribution >= 4 is 5.90 Å². The smallest absolute Gasteiger partial charge is 0.217 e. The molecule has 0 saturated heterocycles. The number of benzene rings is 2. The number of halogens is 1. The molecule has 24 heavy (non-hydrogen) atoms. The summed E-state index contributed by atoms with van der Waals surface area (Å²) >= 11 is 0. The first-order valence-corrected chi connectivity index (χ1v) is 7.79. The zero-order valence-corrected chi connectivity index (χ0v) is 12.9. The van der Waals surface area contributed by atoms with Gasteiger partial charge in [-0.05, 0) is 29.8 Å². The zero-order chi connectivity index (χ0) is 16.4. The van der Waals surface area contributed by atoms with E-state index in [1.807, 2.05) is 65.4 Å². The Hall–Kier alpha value is -2.95. The summed E-state index contributed by atoms with van der Waals surface area (Å²) in [7, 11) is 0. The fraction of sp³-hybridized carbons (Fsp3) is 0.158. The minimum atomic E-state index is -0.551. The molecule has 2 heterocycles. The van der Waals surface area contributed by atoms with E-state index in [0.717, 1.165) is 16.8 Å². The molecule has 4 rings (SSSR count). The third-order valence-corrected chi connectivity index (χ3v) is 4.07. The number of hydrogen-bond acceptors (Lipinski definition) is 3. The summed E-state index contributed by atoms with van der Waals surface area (Å²) in [6, 6.07) is 16.9. The first kappa shape index (κ1) is 14.6. The third-order valence-electron chi connectivity index (χ3n) is 4.07. The molecule has 1 aromatic heterocycles. The number of nitrogens with zero attached hydrogens (tertiary/aromatic N) is 3. The van der Waals surface area contributed by atoms with Gasteiger partial charge in [0.15, 0.2) is 6.10 Å². The van der Waals surface area contributed by atoms with Crippen molar-refractivity contribution in [3.8, 4) is 5.69 Å². The van der Waals surface area contributed by atoms with E-state index in [4.69, 9.17) is 4.74 Å². The summed E-state index contributed by atoms with van der Waals surface area (Å²) in [6.07, 6.45) is 4.94. The van der Waals surface area contributed by atoms with Gasteiger partial charge in [0.1, 0.15) is 12.7 Å². The van der Waals surface area contributed by atoms with Crippen molar-refractivity contribution in [1.29, 1.82) is 0 Å². The largest absolute Gasteiger partial charge is 0.467 e. The van der Waals surface area contributed by atoms with Crippen LogP contribution in [0.25, 0.3) is 5.69 Å². The molecule has 0 fully saturated rings. The van der Waals surface area contributed by atoms with Gasteiger partial charge >= 0.3 is 0 Å². The summed E-state index contributed by atoms with van der Waals surface area (Å²) in [5.74, 6) is 0.502. The minimum absolute atomic E-state index is 0.401. The van der Waals surface area contributed by atoms with Crippen LogP contribution in [0.4, 0.5) is 4.39 Å². The molecule has 0 amide bonds. The average molecular weight is 321 g/mol. The van der Waals surface area contributed by atoms with E-state index >= 15 is 0 Å². The molecule has 0 spiro atoms. The number of ether oxygens (including phenoxy) is 1. The van der Waals surface area contributed by atoms with Crippen LogP contribution in [0.1, 0.15) is 17.2 Å². The van der Waals surface area contributed by atoms with E-state index in [2.05, 4.69) is 9.98 Å². The summed E-state index contributed by atoms with van der Waals surface area (Å²) in [4.78, 5) is 8.45. The SMILES string of the molecule is FC[C@H]1N=C(c2ccccc2)O[C@@H]1c1ccc(-n2ccnc2)cc1. The van der Waals surface area contributed by atoms with Gasteiger partial charge in [-0.1, -0.05) is 30.3 Å². The van der Waals surface area contributed by atoms with E-state index in [9.17, 15) is 4.39 Å². The zero-order valence-electron chi connectivity index (χ0n) is 12.9. The molecule has 4 nitrogen and oxygen atoms in total. The van der Waals surface area contributed by atoms with Crippen LogP contribution >= 0.6 is 0 Å². The number of imidazole rings is 1. The molecule has 3 aromatic rings. The van der Waals surface area contributed by atoms with E-state index in [-0.39, 0.29) is 0 Å². The monoisotopic (exact) mass is 321 g/mol. The molecule has 0 saturated carbocycles. The molecule has 1 aliphatic rings. The van der Waals surface area contributed by atoms with Crippen molar-refractivity contribution in [3.05, 3.63) is 84.4 Å². The van der Waals surface area contributed by atoms with Crippen LogP contribution in [0.2, 0.25) is 0 Å². The van der Waals surface area contributed by atoms with Gasteiger partial charge in [-0.15, -0.1) is 0 Å². The second kappa shape index (κ2) is 6.28. The lowest BCUT2D eigenvalue weighted by atomic mass is 10.0.